The molecule has 8 nitrogen and oxygen atoms in total. The van der Waals surface area contributed by atoms with Gasteiger partial charge in [-0.2, -0.15) is 5.26 Å². The zero-order valence-corrected chi connectivity index (χ0v) is 16.5. The number of hydrogen-bond acceptors (Lipinski definition) is 7. The van der Waals surface area contributed by atoms with Crippen molar-refractivity contribution in [3.8, 4) is 11.8 Å². The number of sulfone groups is 1. The Kier molecular flexibility index (Phi) is 7.11. The van der Waals surface area contributed by atoms with Crippen LogP contribution in [0.1, 0.15) is 5.56 Å². The summed E-state index contributed by atoms with van der Waals surface area (Å²) in [6.45, 7) is -0.640. The van der Waals surface area contributed by atoms with E-state index in [-0.39, 0.29) is 16.2 Å². The van der Waals surface area contributed by atoms with E-state index in [2.05, 4.69) is 5.32 Å². The lowest BCUT2D eigenvalue weighted by molar-refractivity contribution is -0.142. The Hall–Kier alpha value is -3.64. The van der Waals surface area contributed by atoms with Gasteiger partial charge >= 0.3 is 5.97 Å². The van der Waals surface area contributed by atoms with Crippen LogP contribution >= 0.6 is 0 Å². The summed E-state index contributed by atoms with van der Waals surface area (Å²) in [6.07, 6.45) is 2.37. The molecular weight excluding hydrogens is 396 g/mol. The maximum atomic E-state index is 12.1. The highest BCUT2D eigenvalue weighted by Crippen LogP contribution is 2.17. The van der Waals surface area contributed by atoms with Crippen molar-refractivity contribution < 1.29 is 27.5 Å². The van der Waals surface area contributed by atoms with Gasteiger partial charge in [-0.05, 0) is 42.0 Å². The molecule has 0 unspecified atom stereocenters. The van der Waals surface area contributed by atoms with E-state index in [9.17, 15) is 23.3 Å². The van der Waals surface area contributed by atoms with Crippen molar-refractivity contribution in [1.82, 2.24) is 0 Å². The van der Waals surface area contributed by atoms with Crippen molar-refractivity contribution >= 4 is 33.5 Å². The van der Waals surface area contributed by atoms with Crippen LogP contribution in [0.25, 0.3) is 6.08 Å². The van der Waals surface area contributed by atoms with Crippen LogP contribution in [0, 0.1) is 11.3 Å². The molecule has 0 saturated heterocycles. The van der Waals surface area contributed by atoms with Gasteiger partial charge < -0.3 is 14.8 Å². The number of anilines is 1. The second-order valence-electron chi connectivity index (χ2n) is 5.87. The minimum Gasteiger partial charge on any atom is -0.497 e. The fraction of sp³-hybridized carbons (Fsp3) is 0.150. The fourth-order valence-corrected chi connectivity index (χ4v) is 2.91. The molecule has 2 rings (SSSR count). The molecule has 0 aliphatic heterocycles. The first-order valence-electron chi connectivity index (χ1n) is 8.26. The summed E-state index contributed by atoms with van der Waals surface area (Å²) < 4.78 is 33.1. The topological polar surface area (TPSA) is 123 Å². The Morgan fingerprint density at radius 3 is 2.55 bits per heavy atom. The molecule has 29 heavy (non-hydrogen) atoms. The third-order valence-corrected chi connectivity index (χ3v) is 4.74. The van der Waals surface area contributed by atoms with E-state index in [4.69, 9.17) is 9.47 Å². The summed E-state index contributed by atoms with van der Waals surface area (Å²) >= 11 is 0. The minimum absolute atomic E-state index is 0.0419. The van der Waals surface area contributed by atoms with Crippen molar-refractivity contribution in [3.63, 3.8) is 0 Å². The maximum Gasteiger partial charge on any atom is 0.349 e. The predicted molar refractivity (Wildman–Crippen MR) is 106 cm³/mol. The van der Waals surface area contributed by atoms with Gasteiger partial charge in [0, 0.05) is 11.9 Å². The summed E-state index contributed by atoms with van der Waals surface area (Å²) in [7, 11) is -1.93. The van der Waals surface area contributed by atoms with Gasteiger partial charge in [-0.3, -0.25) is 4.79 Å². The number of nitriles is 1. The van der Waals surface area contributed by atoms with Crippen molar-refractivity contribution in [2.45, 2.75) is 4.90 Å². The number of carbonyl (C=O) groups excluding carboxylic acids is 2. The molecule has 2 aromatic carbocycles. The molecule has 1 N–H and O–H groups in total. The van der Waals surface area contributed by atoms with Crippen LogP contribution in [0.4, 0.5) is 5.69 Å². The zero-order chi connectivity index (χ0) is 21.4. The first kappa shape index (κ1) is 21.7. The maximum absolute atomic E-state index is 12.1. The number of rotatable bonds is 7. The molecule has 0 bridgehead atoms. The molecule has 0 heterocycles. The number of nitrogens with zero attached hydrogens (tertiary/aromatic N) is 1. The Morgan fingerprint density at radius 2 is 1.90 bits per heavy atom. The average molecular weight is 414 g/mol. The highest BCUT2D eigenvalue weighted by Gasteiger charge is 2.14. The largest absolute Gasteiger partial charge is 0.497 e. The number of carbonyl (C=O) groups is 2. The quantitative estimate of drug-likeness (QED) is 0.418. The number of hydrogen-bond donors (Lipinski definition) is 1. The second-order valence-corrected chi connectivity index (χ2v) is 7.89. The highest BCUT2D eigenvalue weighted by atomic mass is 32.2. The van der Waals surface area contributed by atoms with Crippen LogP contribution in [-0.2, 0) is 24.2 Å². The van der Waals surface area contributed by atoms with Crippen LogP contribution in [0.3, 0.4) is 0 Å². The van der Waals surface area contributed by atoms with Crippen LogP contribution in [-0.4, -0.2) is 40.3 Å². The van der Waals surface area contributed by atoms with Gasteiger partial charge in [0.2, 0.25) is 0 Å². The van der Waals surface area contributed by atoms with Crippen molar-refractivity contribution in [1.29, 1.82) is 5.26 Å². The number of methoxy groups -OCH3 is 1. The summed E-state index contributed by atoms with van der Waals surface area (Å²) in [4.78, 5) is 24.1. The van der Waals surface area contributed by atoms with Crippen LogP contribution in [0.2, 0.25) is 0 Å². The lowest BCUT2D eigenvalue weighted by Gasteiger charge is -2.07. The molecule has 0 fully saturated rings. The Labute approximate surface area is 168 Å². The van der Waals surface area contributed by atoms with E-state index in [0.29, 0.717) is 11.3 Å². The van der Waals surface area contributed by atoms with E-state index in [1.54, 1.807) is 30.3 Å². The monoisotopic (exact) mass is 414 g/mol. The molecule has 0 spiro atoms. The van der Waals surface area contributed by atoms with E-state index in [1.165, 1.54) is 37.5 Å². The van der Waals surface area contributed by atoms with Gasteiger partial charge in [0.25, 0.3) is 5.91 Å². The van der Waals surface area contributed by atoms with Gasteiger partial charge in [0.15, 0.2) is 16.4 Å². The second kappa shape index (κ2) is 9.52. The molecule has 0 aromatic heterocycles. The number of ether oxygens (including phenoxy) is 2. The molecule has 150 valence electrons. The van der Waals surface area contributed by atoms with Crippen molar-refractivity contribution in [3.05, 3.63) is 59.7 Å². The van der Waals surface area contributed by atoms with Crippen LogP contribution in [0.15, 0.2) is 59.0 Å². The number of nitrogens with one attached hydrogen (secondary N) is 1. The Bertz CT molecular complexity index is 1100. The van der Waals surface area contributed by atoms with Gasteiger partial charge in [0.05, 0.1) is 12.0 Å². The summed E-state index contributed by atoms with van der Waals surface area (Å²) in [6, 6.07) is 14.1. The molecule has 0 aliphatic rings. The Balaban J connectivity index is 2.01. The smallest absolute Gasteiger partial charge is 0.349 e. The lowest BCUT2D eigenvalue weighted by atomic mass is 10.1. The van der Waals surface area contributed by atoms with Crippen molar-refractivity contribution in [2.75, 3.05) is 25.3 Å². The normalized spacial score (nSPS) is 11.3. The first-order valence-corrected chi connectivity index (χ1v) is 10.1. The molecule has 0 radical (unpaired) electrons. The first-order chi connectivity index (χ1) is 13.7. The Morgan fingerprint density at radius 1 is 1.17 bits per heavy atom. The van der Waals surface area contributed by atoms with Crippen molar-refractivity contribution in [2.24, 2.45) is 0 Å². The molecule has 9 heteroatoms. The predicted octanol–water partition coefficient (Wildman–Crippen LogP) is 2.19. The van der Waals surface area contributed by atoms with E-state index < -0.39 is 28.3 Å². The number of benzene rings is 2. The molecule has 1 amide bonds. The van der Waals surface area contributed by atoms with Gasteiger partial charge in [-0.15, -0.1) is 0 Å². The van der Waals surface area contributed by atoms with Gasteiger partial charge in [-0.1, -0.05) is 18.2 Å². The highest BCUT2D eigenvalue weighted by molar-refractivity contribution is 7.90. The standard InChI is InChI=1S/C20H18N2O6S/c1-27-17-7-3-5-14(10-17)9-15(12-21)20(24)28-13-19(23)22-16-6-4-8-18(11-16)29(2,25)26/h3-11H,13H2,1-2H3,(H,22,23)/b15-9+. The zero-order valence-electron chi connectivity index (χ0n) is 15.7. The van der Waals surface area contributed by atoms with Crippen LogP contribution in [0.5, 0.6) is 5.75 Å². The van der Waals surface area contributed by atoms with Crippen LogP contribution < -0.4 is 10.1 Å². The average Bonchev–Trinajstić information content (AvgIpc) is 2.70. The van der Waals surface area contributed by atoms with E-state index >= 15 is 0 Å². The number of amides is 1. The lowest BCUT2D eigenvalue weighted by Crippen LogP contribution is -2.21. The number of esters is 1. The van der Waals surface area contributed by atoms with E-state index in [0.717, 1.165) is 6.26 Å². The minimum atomic E-state index is -3.43. The summed E-state index contributed by atoms with van der Waals surface area (Å²) in [5.74, 6) is -1.09. The summed E-state index contributed by atoms with van der Waals surface area (Å²) in [5.41, 5.74) is 0.506. The molecule has 0 saturated carbocycles. The van der Waals surface area contributed by atoms with Gasteiger partial charge in [0.1, 0.15) is 17.4 Å². The third kappa shape index (κ3) is 6.48. The summed E-state index contributed by atoms with van der Waals surface area (Å²) in [5, 5.41) is 11.6. The molecule has 0 atom stereocenters. The fourth-order valence-electron chi connectivity index (χ4n) is 2.25. The molecule has 2 aromatic rings. The van der Waals surface area contributed by atoms with Gasteiger partial charge in [-0.25, -0.2) is 13.2 Å². The molecule has 0 aliphatic carbocycles. The molecular formula is C20H18N2O6S. The van der Waals surface area contributed by atoms with E-state index in [1.807, 2.05) is 0 Å². The third-order valence-electron chi connectivity index (χ3n) is 3.63. The SMILES string of the molecule is COc1cccc(/C=C(\C#N)C(=O)OCC(=O)Nc2cccc(S(C)(=O)=O)c2)c1.